The number of carbonyl (C=O) groups excluding carboxylic acids is 1. The predicted octanol–water partition coefficient (Wildman–Crippen LogP) is 2.88. The second-order valence-corrected chi connectivity index (χ2v) is 7.27. The number of aryl methyl sites for hydroxylation is 2. The molecule has 2 heterocycles. The minimum absolute atomic E-state index is 0.0733. The number of carbonyl (C=O) groups is 1. The Bertz CT molecular complexity index is 754. The molecule has 0 saturated carbocycles. The predicted molar refractivity (Wildman–Crippen MR) is 101 cm³/mol. The number of benzene rings is 1. The lowest BCUT2D eigenvalue weighted by molar-refractivity contribution is -0.120. The molecule has 1 N–H and O–H groups in total. The van der Waals surface area contributed by atoms with Crippen LogP contribution in [0.3, 0.4) is 0 Å². The van der Waals surface area contributed by atoms with E-state index in [0.717, 1.165) is 48.0 Å². The van der Waals surface area contributed by atoms with Crippen molar-refractivity contribution in [2.24, 2.45) is 13.0 Å². The lowest BCUT2D eigenvalue weighted by atomic mass is 10.1. The smallest absolute Gasteiger partial charge is 0.224 e. The SMILES string of the molecule is Cc1nn(C)c(C)c1CC(=O)NCC1CCN(c2ccc(Cl)cc2)C1. The number of anilines is 1. The molecule has 6 heteroatoms. The lowest BCUT2D eigenvalue weighted by Gasteiger charge is -2.19. The first kappa shape index (κ1) is 17.8. The molecule has 3 rings (SSSR count). The molecule has 1 amide bonds. The molecule has 0 aliphatic carbocycles. The molecule has 1 atom stereocenters. The Hall–Kier alpha value is -2.01. The molecule has 1 aromatic carbocycles. The lowest BCUT2D eigenvalue weighted by Crippen LogP contribution is -2.32. The van der Waals surface area contributed by atoms with E-state index in [1.54, 1.807) is 0 Å². The van der Waals surface area contributed by atoms with Crippen LogP contribution in [0.15, 0.2) is 24.3 Å². The van der Waals surface area contributed by atoms with E-state index in [0.29, 0.717) is 12.3 Å². The van der Waals surface area contributed by atoms with Crippen LogP contribution in [0.2, 0.25) is 5.02 Å². The maximum atomic E-state index is 12.3. The van der Waals surface area contributed by atoms with Crippen LogP contribution in [0.25, 0.3) is 0 Å². The monoisotopic (exact) mass is 360 g/mol. The first-order chi connectivity index (χ1) is 11.9. The first-order valence-electron chi connectivity index (χ1n) is 8.70. The summed E-state index contributed by atoms with van der Waals surface area (Å²) in [5, 5.41) is 8.22. The average Bonchev–Trinajstić information content (AvgIpc) is 3.14. The number of aromatic nitrogens is 2. The van der Waals surface area contributed by atoms with Crippen molar-refractivity contribution in [1.82, 2.24) is 15.1 Å². The summed E-state index contributed by atoms with van der Waals surface area (Å²) >= 11 is 5.95. The molecule has 0 radical (unpaired) electrons. The van der Waals surface area contributed by atoms with Gasteiger partial charge >= 0.3 is 0 Å². The Balaban J connectivity index is 1.49. The molecule has 25 heavy (non-hydrogen) atoms. The molecule has 2 aromatic rings. The third-order valence-corrected chi connectivity index (χ3v) is 5.31. The number of amides is 1. The minimum Gasteiger partial charge on any atom is -0.371 e. The Morgan fingerprint density at radius 2 is 2.04 bits per heavy atom. The van der Waals surface area contributed by atoms with Crippen molar-refractivity contribution in [1.29, 1.82) is 0 Å². The van der Waals surface area contributed by atoms with E-state index in [1.807, 2.05) is 37.7 Å². The molecule has 0 bridgehead atoms. The second-order valence-electron chi connectivity index (χ2n) is 6.83. The van der Waals surface area contributed by atoms with Crippen molar-refractivity contribution in [3.05, 3.63) is 46.2 Å². The van der Waals surface area contributed by atoms with Crippen LogP contribution in [0, 0.1) is 19.8 Å². The van der Waals surface area contributed by atoms with Crippen molar-refractivity contribution >= 4 is 23.2 Å². The Morgan fingerprint density at radius 3 is 2.68 bits per heavy atom. The van der Waals surface area contributed by atoms with Crippen LogP contribution in [0.4, 0.5) is 5.69 Å². The topological polar surface area (TPSA) is 50.2 Å². The largest absolute Gasteiger partial charge is 0.371 e. The number of hydrogen-bond donors (Lipinski definition) is 1. The van der Waals surface area contributed by atoms with Gasteiger partial charge in [-0.25, -0.2) is 0 Å². The maximum Gasteiger partial charge on any atom is 0.224 e. The number of halogens is 1. The summed E-state index contributed by atoms with van der Waals surface area (Å²) in [7, 11) is 1.91. The third-order valence-electron chi connectivity index (χ3n) is 5.06. The molecule has 134 valence electrons. The van der Waals surface area contributed by atoms with Crippen LogP contribution in [0.5, 0.6) is 0 Å². The van der Waals surface area contributed by atoms with Gasteiger partial charge in [-0.3, -0.25) is 9.48 Å². The molecule has 1 aliphatic heterocycles. The Morgan fingerprint density at radius 1 is 1.32 bits per heavy atom. The van der Waals surface area contributed by atoms with Crippen molar-refractivity contribution in [3.8, 4) is 0 Å². The molecule has 1 fully saturated rings. The van der Waals surface area contributed by atoms with Crippen LogP contribution in [-0.4, -0.2) is 35.3 Å². The van der Waals surface area contributed by atoms with Gasteiger partial charge in [0, 0.05) is 48.6 Å². The molecule has 1 saturated heterocycles. The molecule has 1 aromatic heterocycles. The molecule has 5 nitrogen and oxygen atoms in total. The van der Waals surface area contributed by atoms with Crippen LogP contribution in [-0.2, 0) is 18.3 Å². The zero-order valence-electron chi connectivity index (χ0n) is 15.1. The summed E-state index contributed by atoms with van der Waals surface area (Å²) in [5.41, 5.74) is 4.22. The summed E-state index contributed by atoms with van der Waals surface area (Å²) in [6.45, 7) is 6.66. The van der Waals surface area contributed by atoms with Gasteiger partial charge in [0.1, 0.15) is 0 Å². The number of nitrogens with one attached hydrogen (secondary N) is 1. The van der Waals surface area contributed by atoms with Gasteiger partial charge in [-0.05, 0) is 50.5 Å². The van der Waals surface area contributed by atoms with E-state index in [4.69, 9.17) is 11.6 Å². The van der Waals surface area contributed by atoms with Crippen LogP contribution >= 0.6 is 11.6 Å². The Labute approximate surface area is 154 Å². The molecule has 1 aliphatic rings. The maximum absolute atomic E-state index is 12.3. The summed E-state index contributed by atoms with van der Waals surface area (Å²) in [5.74, 6) is 0.555. The first-order valence-corrected chi connectivity index (χ1v) is 9.08. The third kappa shape index (κ3) is 4.15. The highest BCUT2D eigenvalue weighted by atomic mass is 35.5. The van der Waals surface area contributed by atoms with Crippen LogP contribution < -0.4 is 10.2 Å². The van der Waals surface area contributed by atoms with Crippen molar-refractivity contribution in [2.45, 2.75) is 26.7 Å². The van der Waals surface area contributed by atoms with E-state index in [9.17, 15) is 4.79 Å². The minimum atomic E-state index is 0.0733. The average molecular weight is 361 g/mol. The highest BCUT2D eigenvalue weighted by Crippen LogP contribution is 2.24. The number of rotatable bonds is 5. The normalized spacial score (nSPS) is 17.1. The van der Waals surface area contributed by atoms with Gasteiger partial charge in [0.05, 0.1) is 12.1 Å². The zero-order chi connectivity index (χ0) is 18.0. The zero-order valence-corrected chi connectivity index (χ0v) is 15.8. The van der Waals surface area contributed by atoms with E-state index < -0.39 is 0 Å². The summed E-state index contributed by atoms with van der Waals surface area (Å²) in [4.78, 5) is 14.6. The van der Waals surface area contributed by atoms with Gasteiger partial charge in [0.25, 0.3) is 0 Å². The molecule has 0 spiro atoms. The summed E-state index contributed by atoms with van der Waals surface area (Å²) < 4.78 is 1.83. The van der Waals surface area contributed by atoms with Gasteiger partial charge in [-0.2, -0.15) is 5.10 Å². The van der Waals surface area contributed by atoms with E-state index in [1.165, 1.54) is 5.69 Å². The molecular weight excluding hydrogens is 336 g/mol. The fourth-order valence-electron chi connectivity index (χ4n) is 3.44. The van der Waals surface area contributed by atoms with Crippen molar-refractivity contribution in [2.75, 3.05) is 24.5 Å². The van der Waals surface area contributed by atoms with Gasteiger partial charge in [0.2, 0.25) is 5.91 Å². The number of hydrogen-bond acceptors (Lipinski definition) is 3. The second kappa shape index (κ2) is 7.48. The van der Waals surface area contributed by atoms with E-state index in [2.05, 4.69) is 27.4 Å². The summed E-state index contributed by atoms with van der Waals surface area (Å²) in [6, 6.07) is 7.95. The molecular formula is C19H25ClN4O. The van der Waals surface area contributed by atoms with Crippen LogP contribution in [0.1, 0.15) is 23.4 Å². The van der Waals surface area contributed by atoms with E-state index >= 15 is 0 Å². The van der Waals surface area contributed by atoms with Crippen molar-refractivity contribution < 1.29 is 4.79 Å². The van der Waals surface area contributed by atoms with Gasteiger partial charge in [0.15, 0.2) is 0 Å². The fraction of sp³-hybridized carbons (Fsp3) is 0.474. The highest BCUT2D eigenvalue weighted by molar-refractivity contribution is 6.30. The fourth-order valence-corrected chi connectivity index (χ4v) is 3.57. The van der Waals surface area contributed by atoms with Gasteiger partial charge in [-0.1, -0.05) is 11.6 Å². The number of nitrogens with zero attached hydrogens (tertiary/aromatic N) is 3. The highest BCUT2D eigenvalue weighted by Gasteiger charge is 2.23. The van der Waals surface area contributed by atoms with Gasteiger partial charge < -0.3 is 10.2 Å². The van der Waals surface area contributed by atoms with Gasteiger partial charge in [-0.15, -0.1) is 0 Å². The standard InChI is InChI=1S/C19H25ClN4O/c1-13-18(14(2)23(3)22-13)10-19(25)21-11-15-8-9-24(12-15)17-6-4-16(20)5-7-17/h4-7,15H,8-12H2,1-3H3,(H,21,25). The Kier molecular flexibility index (Phi) is 5.33. The quantitative estimate of drug-likeness (QED) is 0.892. The summed E-state index contributed by atoms with van der Waals surface area (Å²) in [6.07, 6.45) is 1.49. The molecule has 1 unspecified atom stereocenters. The van der Waals surface area contributed by atoms with E-state index in [-0.39, 0.29) is 5.91 Å². The van der Waals surface area contributed by atoms with Crippen molar-refractivity contribution in [3.63, 3.8) is 0 Å².